The van der Waals surface area contributed by atoms with Crippen LogP contribution in [0.4, 0.5) is 4.79 Å². The molecule has 1 heterocycles. The van der Waals surface area contributed by atoms with E-state index in [-0.39, 0.29) is 22.7 Å². The molecule has 1 fully saturated rings. The number of alkyl carbamates (subject to hydrolysis) is 1. The SMILES string of the molecule is CC(C)[C@H](NC(=O)OC(C)(C)C)C(=O)N1CCC[C@H]1C(=O)NC(C)P(=O)(Oc1ccc(C(C)(C)C)cc1)Oc1ccc(C(C)(C)C)cc1. The van der Waals surface area contributed by atoms with Gasteiger partial charge in [-0.15, -0.1) is 0 Å². The standard InChI is InChI=1S/C37H56N3O7P/c1-24(2)31(39-34(43)45-37(10,11)12)33(42)40-23-13-14-30(40)32(41)38-25(3)48(44,46-28-19-15-26(16-20-28)35(4,5)6)47-29-21-17-27(18-22-29)36(7,8)9/h15-22,24-25,30-31H,13-14,23H2,1-12H3,(H,38,41)(H,39,43)/t25?,30-,31-/m0/s1. The average molecular weight is 686 g/mol. The van der Waals surface area contributed by atoms with E-state index in [4.69, 9.17) is 13.8 Å². The zero-order valence-corrected chi connectivity index (χ0v) is 31.7. The minimum Gasteiger partial charge on any atom is -0.444 e. The van der Waals surface area contributed by atoms with E-state index in [9.17, 15) is 18.9 Å². The fourth-order valence-electron chi connectivity index (χ4n) is 5.31. The van der Waals surface area contributed by atoms with Crippen LogP contribution >= 0.6 is 7.60 Å². The third kappa shape index (κ3) is 10.5. The normalized spacial score (nSPS) is 17.0. The number of hydrogen-bond acceptors (Lipinski definition) is 7. The summed E-state index contributed by atoms with van der Waals surface area (Å²) in [6.45, 7) is 23.4. The lowest BCUT2D eigenvalue weighted by Crippen LogP contribution is -2.56. The predicted octanol–water partition coefficient (Wildman–Crippen LogP) is 7.94. The van der Waals surface area contributed by atoms with Crippen molar-refractivity contribution in [1.82, 2.24) is 15.5 Å². The molecule has 0 aliphatic carbocycles. The maximum absolute atomic E-state index is 14.6. The Balaban J connectivity index is 1.85. The molecule has 3 amide bonds. The van der Waals surface area contributed by atoms with E-state index in [0.717, 1.165) is 11.1 Å². The maximum Gasteiger partial charge on any atom is 0.452 e. The van der Waals surface area contributed by atoms with Crippen molar-refractivity contribution in [3.05, 3.63) is 59.7 Å². The number of carbonyl (C=O) groups excluding carboxylic acids is 3. The quantitative estimate of drug-likeness (QED) is 0.244. The van der Waals surface area contributed by atoms with Gasteiger partial charge in [-0.3, -0.25) is 9.59 Å². The van der Waals surface area contributed by atoms with Crippen LogP contribution in [-0.4, -0.2) is 52.8 Å². The van der Waals surface area contributed by atoms with Crippen LogP contribution in [0.15, 0.2) is 48.5 Å². The number of likely N-dealkylation sites (tertiary alicyclic amines) is 1. The summed E-state index contributed by atoms with van der Waals surface area (Å²) in [7, 11) is -4.09. The first kappa shape index (κ1) is 38.9. The number of ether oxygens (including phenoxy) is 1. The van der Waals surface area contributed by atoms with Gasteiger partial charge < -0.3 is 29.3 Å². The van der Waals surface area contributed by atoms with Gasteiger partial charge in [-0.1, -0.05) is 79.7 Å². The maximum atomic E-state index is 14.6. The molecular formula is C37H56N3O7P. The Labute approximate surface area is 287 Å². The molecular weight excluding hydrogens is 629 g/mol. The van der Waals surface area contributed by atoms with Crippen molar-refractivity contribution >= 4 is 25.5 Å². The highest BCUT2D eigenvalue weighted by molar-refractivity contribution is 7.55. The number of nitrogens with zero attached hydrogens (tertiary/aromatic N) is 1. The third-order valence-corrected chi connectivity index (χ3v) is 10.2. The second kappa shape index (κ2) is 14.9. The lowest BCUT2D eigenvalue weighted by molar-refractivity contribution is -0.140. The molecule has 0 aromatic heterocycles. The summed E-state index contributed by atoms with van der Waals surface area (Å²) >= 11 is 0. The molecule has 2 aromatic carbocycles. The van der Waals surface area contributed by atoms with Gasteiger partial charge in [-0.25, -0.2) is 9.36 Å². The van der Waals surface area contributed by atoms with Gasteiger partial charge in [0.25, 0.3) is 0 Å². The van der Waals surface area contributed by atoms with Crippen molar-refractivity contribution in [3.8, 4) is 11.5 Å². The highest BCUT2D eigenvalue weighted by Gasteiger charge is 2.43. The summed E-state index contributed by atoms with van der Waals surface area (Å²) in [4.78, 5) is 41.6. The first-order valence-corrected chi connectivity index (χ1v) is 18.4. The Morgan fingerprint density at radius 2 is 1.23 bits per heavy atom. The van der Waals surface area contributed by atoms with Crippen LogP contribution in [0.2, 0.25) is 0 Å². The number of amides is 3. The van der Waals surface area contributed by atoms with Crippen molar-refractivity contribution in [2.24, 2.45) is 5.92 Å². The average Bonchev–Trinajstić information content (AvgIpc) is 3.44. The summed E-state index contributed by atoms with van der Waals surface area (Å²) < 4.78 is 32.2. The molecule has 48 heavy (non-hydrogen) atoms. The van der Waals surface area contributed by atoms with E-state index in [2.05, 4.69) is 52.2 Å². The predicted molar refractivity (Wildman–Crippen MR) is 189 cm³/mol. The zero-order valence-electron chi connectivity index (χ0n) is 30.8. The smallest absolute Gasteiger partial charge is 0.444 e. The van der Waals surface area contributed by atoms with E-state index in [1.807, 2.05) is 38.1 Å². The van der Waals surface area contributed by atoms with Crippen molar-refractivity contribution < 1.29 is 32.7 Å². The third-order valence-electron chi connectivity index (χ3n) is 8.17. The Kier molecular flexibility index (Phi) is 12.1. The highest BCUT2D eigenvalue weighted by atomic mass is 31.2. The van der Waals surface area contributed by atoms with Crippen LogP contribution in [0, 0.1) is 5.92 Å². The van der Waals surface area contributed by atoms with Crippen LogP contribution < -0.4 is 19.7 Å². The minimum absolute atomic E-state index is 0.0869. The molecule has 3 rings (SSSR count). The van der Waals surface area contributed by atoms with Crippen molar-refractivity contribution in [3.63, 3.8) is 0 Å². The summed E-state index contributed by atoms with van der Waals surface area (Å²) in [5.74, 6) is -1.52. The Morgan fingerprint density at radius 3 is 1.62 bits per heavy atom. The molecule has 0 radical (unpaired) electrons. The highest BCUT2D eigenvalue weighted by Crippen LogP contribution is 2.52. The molecule has 2 aromatic rings. The summed E-state index contributed by atoms with van der Waals surface area (Å²) in [5.41, 5.74) is 1.25. The van der Waals surface area contributed by atoms with Gasteiger partial charge in [0.1, 0.15) is 29.2 Å². The molecule has 3 atom stereocenters. The minimum atomic E-state index is -4.09. The molecule has 1 aliphatic heterocycles. The van der Waals surface area contributed by atoms with E-state index in [1.165, 1.54) is 4.90 Å². The number of rotatable bonds is 10. The lowest BCUT2D eigenvalue weighted by Gasteiger charge is -2.32. The first-order valence-electron chi connectivity index (χ1n) is 16.8. The van der Waals surface area contributed by atoms with Gasteiger partial charge in [-0.05, 0) is 92.7 Å². The van der Waals surface area contributed by atoms with E-state index in [1.54, 1.807) is 52.0 Å². The summed E-state index contributed by atoms with van der Waals surface area (Å²) in [6, 6.07) is 12.9. The molecule has 1 unspecified atom stereocenters. The molecule has 1 aliphatic rings. The van der Waals surface area contributed by atoms with Gasteiger partial charge in [0.2, 0.25) is 11.8 Å². The number of nitrogens with one attached hydrogen (secondary N) is 2. The molecule has 0 saturated carbocycles. The van der Waals surface area contributed by atoms with Gasteiger partial charge >= 0.3 is 13.7 Å². The molecule has 1 saturated heterocycles. The van der Waals surface area contributed by atoms with Crippen LogP contribution in [0.5, 0.6) is 11.5 Å². The number of benzene rings is 2. The second-order valence-electron chi connectivity index (χ2n) is 16.0. The van der Waals surface area contributed by atoms with Crippen molar-refractivity contribution in [1.29, 1.82) is 0 Å². The molecule has 0 spiro atoms. The van der Waals surface area contributed by atoms with Gasteiger partial charge in [0.05, 0.1) is 0 Å². The Hall–Kier alpha value is -3.52. The van der Waals surface area contributed by atoms with Crippen LogP contribution in [0.3, 0.4) is 0 Å². The monoisotopic (exact) mass is 685 g/mol. The van der Waals surface area contributed by atoms with E-state index < -0.39 is 43.1 Å². The van der Waals surface area contributed by atoms with Crippen LogP contribution in [-0.2, 0) is 29.7 Å². The summed E-state index contributed by atoms with van der Waals surface area (Å²) in [5, 5.41) is 5.53. The first-order chi connectivity index (χ1) is 22.0. The number of hydrogen-bond donors (Lipinski definition) is 2. The fourth-order valence-corrected chi connectivity index (χ4v) is 6.78. The van der Waals surface area contributed by atoms with Gasteiger partial charge in [-0.2, -0.15) is 0 Å². The van der Waals surface area contributed by atoms with Crippen LogP contribution in [0.25, 0.3) is 0 Å². The molecule has 10 nitrogen and oxygen atoms in total. The lowest BCUT2D eigenvalue weighted by atomic mass is 9.87. The van der Waals surface area contributed by atoms with E-state index >= 15 is 0 Å². The summed E-state index contributed by atoms with van der Waals surface area (Å²) in [6.07, 6.45) is 0.306. The number of carbonyl (C=O) groups is 3. The topological polar surface area (TPSA) is 123 Å². The van der Waals surface area contributed by atoms with Crippen molar-refractivity contribution in [2.45, 2.75) is 130 Å². The zero-order chi connectivity index (χ0) is 36.2. The Morgan fingerprint density at radius 1 is 0.771 bits per heavy atom. The van der Waals surface area contributed by atoms with Gasteiger partial charge in [0.15, 0.2) is 5.78 Å². The molecule has 2 N–H and O–H groups in total. The molecule has 11 heteroatoms. The molecule has 266 valence electrons. The van der Waals surface area contributed by atoms with Gasteiger partial charge in [0, 0.05) is 6.54 Å². The van der Waals surface area contributed by atoms with Crippen LogP contribution in [0.1, 0.15) is 107 Å². The van der Waals surface area contributed by atoms with E-state index in [0.29, 0.717) is 30.9 Å². The Bertz CT molecular complexity index is 1410. The second-order valence-corrected chi connectivity index (χ2v) is 18.2. The molecule has 0 bridgehead atoms. The van der Waals surface area contributed by atoms with Crippen molar-refractivity contribution in [2.75, 3.05) is 6.54 Å². The fraction of sp³-hybridized carbons (Fsp3) is 0.595. The largest absolute Gasteiger partial charge is 0.452 e.